The van der Waals surface area contributed by atoms with E-state index in [1.54, 1.807) is 18.2 Å². The summed E-state index contributed by atoms with van der Waals surface area (Å²) >= 11 is 0. The maximum atomic E-state index is 11.8. The van der Waals surface area contributed by atoms with Crippen LogP contribution in [0, 0.1) is 11.3 Å². The molecule has 2 aromatic carbocycles. The van der Waals surface area contributed by atoms with Crippen LogP contribution in [0.4, 0.5) is 0 Å². The summed E-state index contributed by atoms with van der Waals surface area (Å²) in [5.74, 6) is 0.771. The van der Waals surface area contributed by atoms with Crippen LogP contribution < -0.4 is 14.9 Å². The van der Waals surface area contributed by atoms with Gasteiger partial charge in [-0.15, -0.1) is 0 Å². The highest BCUT2D eigenvalue weighted by molar-refractivity contribution is 5.84. The van der Waals surface area contributed by atoms with Crippen LogP contribution in [-0.4, -0.2) is 25.8 Å². The molecule has 0 aromatic heterocycles. The van der Waals surface area contributed by atoms with Crippen LogP contribution in [0.3, 0.4) is 0 Å². The van der Waals surface area contributed by atoms with Crippen LogP contribution in [-0.2, 0) is 11.2 Å². The first-order valence-corrected chi connectivity index (χ1v) is 7.26. The van der Waals surface area contributed by atoms with Gasteiger partial charge in [0.2, 0.25) is 5.91 Å². The number of methoxy groups -OCH3 is 1. The van der Waals surface area contributed by atoms with Gasteiger partial charge in [0.15, 0.2) is 18.1 Å². The molecule has 1 N–H and O–H groups in total. The number of nitriles is 1. The predicted molar refractivity (Wildman–Crippen MR) is 90.0 cm³/mol. The minimum Gasteiger partial charge on any atom is -0.493 e. The Kier molecular flexibility index (Phi) is 6.35. The molecule has 0 saturated carbocycles. The highest BCUT2D eigenvalue weighted by Crippen LogP contribution is 2.27. The Morgan fingerprint density at radius 3 is 2.75 bits per heavy atom. The lowest BCUT2D eigenvalue weighted by molar-refractivity contribution is -0.120. The fourth-order valence-corrected chi connectivity index (χ4v) is 1.99. The normalized spacial score (nSPS) is 10.2. The summed E-state index contributed by atoms with van der Waals surface area (Å²) in [4.78, 5) is 11.8. The number of ether oxygens (including phenoxy) is 2. The number of carbonyl (C=O) groups excluding carboxylic acids is 1. The molecule has 0 spiro atoms. The summed E-state index contributed by atoms with van der Waals surface area (Å²) in [6, 6.07) is 16.5. The summed E-state index contributed by atoms with van der Waals surface area (Å²) in [6.07, 6.45) is 1.78. The molecule has 2 rings (SSSR count). The first-order chi connectivity index (χ1) is 11.7. The number of carbonyl (C=O) groups is 1. The molecule has 0 aliphatic heterocycles. The summed E-state index contributed by atoms with van der Waals surface area (Å²) in [6.45, 7) is -0.0562. The van der Waals surface area contributed by atoms with Gasteiger partial charge in [0.25, 0.3) is 0 Å². The van der Waals surface area contributed by atoms with Crippen molar-refractivity contribution in [2.24, 2.45) is 5.10 Å². The Balaban J connectivity index is 1.94. The first-order valence-electron chi connectivity index (χ1n) is 7.26. The van der Waals surface area contributed by atoms with Gasteiger partial charge in [-0.1, -0.05) is 30.3 Å². The molecular formula is C18H17N3O3. The fourth-order valence-electron chi connectivity index (χ4n) is 1.99. The average Bonchev–Trinajstić information content (AvgIpc) is 2.61. The molecule has 0 unspecified atom stereocenters. The quantitative estimate of drug-likeness (QED) is 0.626. The van der Waals surface area contributed by atoms with Gasteiger partial charge in [-0.05, 0) is 29.3 Å². The first kappa shape index (κ1) is 17.0. The maximum Gasteiger partial charge on any atom is 0.244 e. The molecule has 1 amide bonds. The minimum absolute atomic E-state index is 0.0562. The molecule has 0 fully saturated rings. The van der Waals surface area contributed by atoms with Gasteiger partial charge in [0.1, 0.15) is 6.07 Å². The maximum absolute atomic E-state index is 11.8. The van der Waals surface area contributed by atoms with Gasteiger partial charge < -0.3 is 9.47 Å². The average molecular weight is 323 g/mol. The molecular weight excluding hydrogens is 306 g/mol. The molecule has 0 heterocycles. The second kappa shape index (κ2) is 8.96. The van der Waals surface area contributed by atoms with E-state index in [1.807, 2.05) is 36.4 Å². The van der Waals surface area contributed by atoms with Crippen LogP contribution in [0.5, 0.6) is 11.5 Å². The molecule has 0 saturated heterocycles. The Hall–Kier alpha value is -3.33. The SMILES string of the molecule is COc1cc(C=NNC(=O)Cc2ccccc2)ccc1OCC#N. The molecule has 6 heteroatoms. The number of rotatable bonds is 7. The zero-order valence-electron chi connectivity index (χ0n) is 13.2. The minimum atomic E-state index is -0.196. The van der Waals surface area contributed by atoms with Crippen molar-refractivity contribution in [1.82, 2.24) is 5.43 Å². The van der Waals surface area contributed by atoms with Crippen LogP contribution in [0.15, 0.2) is 53.6 Å². The zero-order chi connectivity index (χ0) is 17.2. The van der Waals surface area contributed by atoms with Crippen molar-refractivity contribution < 1.29 is 14.3 Å². The third-order valence-electron chi connectivity index (χ3n) is 3.09. The smallest absolute Gasteiger partial charge is 0.244 e. The highest BCUT2D eigenvalue weighted by atomic mass is 16.5. The van der Waals surface area contributed by atoms with Crippen LogP contribution >= 0.6 is 0 Å². The van der Waals surface area contributed by atoms with E-state index in [2.05, 4.69) is 10.5 Å². The Morgan fingerprint density at radius 2 is 2.04 bits per heavy atom. The Labute approximate surface area is 140 Å². The summed E-state index contributed by atoms with van der Waals surface area (Å²) in [7, 11) is 1.51. The van der Waals surface area contributed by atoms with Crippen LogP contribution in [0.2, 0.25) is 0 Å². The molecule has 6 nitrogen and oxygen atoms in total. The van der Waals surface area contributed by atoms with Gasteiger partial charge in [0, 0.05) is 0 Å². The largest absolute Gasteiger partial charge is 0.493 e. The monoisotopic (exact) mass is 323 g/mol. The van der Waals surface area contributed by atoms with Crippen molar-refractivity contribution in [1.29, 1.82) is 5.26 Å². The second-order valence-corrected chi connectivity index (χ2v) is 4.81. The lowest BCUT2D eigenvalue weighted by atomic mass is 10.1. The van der Waals surface area contributed by atoms with Gasteiger partial charge in [-0.25, -0.2) is 5.43 Å². The third-order valence-corrected chi connectivity index (χ3v) is 3.09. The number of nitrogens with zero attached hydrogens (tertiary/aromatic N) is 2. The summed E-state index contributed by atoms with van der Waals surface area (Å²) in [5.41, 5.74) is 4.14. The van der Waals surface area contributed by atoms with E-state index in [4.69, 9.17) is 14.7 Å². The Bertz CT molecular complexity index is 752. The lowest BCUT2D eigenvalue weighted by Crippen LogP contribution is -2.19. The molecule has 2 aromatic rings. The van der Waals surface area contributed by atoms with E-state index < -0.39 is 0 Å². The van der Waals surface area contributed by atoms with E-state index in [9.17, 15) is 4.79 Å². The van der Waals surface area contributed by atoms with Crippen molar-refractivity contribution in [3.8, 4) is 17.6 Å². The molecule has 122 valence electrons. The molecule has 0 bridgehead atoms. The predicted octanol–water partition coefficient (Wildman–Crippen LogP) is 2.29. The van der Waals surface area contributed by atoms with Crippen molar-refractivity contribution in [3.05, 3.63) is 59.7 Å². The van der Waals surface area contributed by atoms with E-state index in [0.29, 0.717) is 11.5 Å². The second-order valence-electron chi connectivity index (χ2n) is 4.81. The number of benzene rings is 2. The highest BCUT2D eigenvalue weighted by Gasteiger charge is 2.05. The number of hydrogen-bond acceptors (Lipinski definition) is 5. The van der Waals surface area contributed by atoms with E-state index in [-0.39, 0.29) is 18.9 Å². The summed E-state index contributed by atoms with van der Waals surface area (Å²) < 4.78 is 10.4. The van der Waals surface area contributed by atoms with Gasteiger partial charge in [0.05, 0.1) is 19.7 Å². The van der Waals surface area contributed by atoms with E-state index >= 15 is 0 Å². The van der Waals surface area contributed by atoms with Crippen molar-refractivity contribution >= 4 is 12.1 Å². The topological polar surface area (TPSA) is 83.7 Å². The Morgan fingerprint density at radius 1 is 1.25 bits per heavy atom. The van der Waals surface area contributed by atoms with Gasteiger partial charge >= 0.3 is 0 Å². The molecule has 0 radical (unpaired) electrons. The fraction of sp³-hybridized carbons (Fsp3) is 0.167. The number of amides is 1. The molecule has 0 atom stereocenters. The van der Waals surface area contributed by atoms with E-state index in [1.165, 1.54) is 13.3 Å². The zero-order valence-corrected chi connectivity index (χ0v) is 13.2. The van der Waals surface area contributed by atoms with Gasteiger partial charge in [-0.3, -0.25) is 4.79 Å². The van der Waals surface area contributed by atoms with Crippen molar-refractivity contribution in [2.45, 2.75) is 6.42 Å². The van der Waals surface area contributed by atoms with E-state index in [0.717, 1.165) is 11.1 Å². The molecule has 24 heavy (non-hydrogen) atoms. The molecule has 0 aliphatic carbocycles. The van der Waals surface area contributed by atoms with Crippen LogP contribution in [0.1, 0.15) is 11.1 Å². The standard InChI is InChI=1S/C18H17N3O3/c1-23-17-11-15(7-8-16(17)24-10-9-19)13-20-21-18(22)12-14-5-3-2-4-6-14/h2-8,11,13H,10,12H2,1H3,(H,21,22). The van der Waals surface area contributed by atoms with Crippen molar-refractivity contribution in [3.63, 3.8) is 0 Å². The van der Waals surface area contributed by atoms with Crippen LogP contribution in [0.25, 0.3) is 0 Å². The number of nitrogens with one attached hydrogen (secondary N) is 1. The summed E-state index contributed by atoms with van der Waals surface area (Å²) in [5, 5.41) is 12.5. The van der Waals surface area contributed by atoms with Gasteiger partial charge in [-0.2, -0.15) is 10.4 Å². The molecule has 0 aliphatic rings. The van der Waals surface area contributed by atoms with Crippen molar-refractivity contribution in [2.75, 3.05) is 13.7 Å². The number of hydrazone groups is 1. The third kappa shape index (κ3) is 5.14. The lowest BCUT2D eigenvalue weighted by Gasteiger charge is -2.08. The number of hydrogen-bond donors (Lipinski definition) is 1.